The van der Waals surface area contributed by atoms with Gasteiger partial charge in [0.1, 0.15) is 15.6 Å². The Hall–Kier alpha value is -1.88. The smallest absolute Gasteiger partial charge is 0.350 e. The molecule has 0 fully saturated rings. The van der Waals surface area contributed by atoms with E-state index in [9.17, 15) is 4.79 Å². The number of nitrogens with one attached hydrogen (secondary N) is 2. The van der Waals surface area contributed by atoms with Crippen LogP contribution in [-0.4, -0.2) is 43.7 Å². The zero-order valence-electron chi connectivity index (χ0n) is 18.2. The zero-order valence-corrected chi connectivity index (χ0v) is 21.3. The van der Waals surface area contributed by atoms with Crippen molar-refractivity contribution >= 4 is 47.2 Å². The largest absolute Gasteiger partial charge is 0.497 e. The third-order valence-electron chi connectivity index (χ3n) is 4.17. The van der Waals surface area contributed by atoms with E-state index in [0.717, 1.165) is 29.7 Å². The maximum atomic E-state index is 12.0. The van der Waals surface area contributed by atoms with Crippen LogP contribution in [0.25, 0.3) is 0 Å². The summed E-state index contributed by atoms with van der Waals surface area (Å²) in [5.41, 5.74) is 1.90. The summed E-state index contributed by atoms with van der Waals surface area (Å²) < 4.78 is 10.3. The van der Waals surface area contributed by atoms with Gasteiger partial charge in [0.25, 0.3) is 0 Å². The minimum Gasteiger partial charge on any atom is -0.497 e. The molecule has 2 aromatic rings. The molecule has 0 aliphatic rings. The van der Waals surface area contributed by atoms with Gasteiger partial charge in [0.2, 0.25) is 0 Å². The van der Waals surface area contributed by atoms with Crippen LogP contribution < -0.4 is 15.4 Å². The molecule has 9 heteroatoms. The predicted octanol–water partition coefficient (Wildman–Crippen LogP) is 4.11. The summed E-state index contributed by atoms with van der Waals surface area (Å²) in [6, 6.07) is 7.92. The van der Waals surface area contributed by atoms with Crippen LogP contribution in [0.1, 0.15) is 52.7 Å². The van der Waals surface area contributed by atoms with Crippen molar-refractivity contribution in [3.63, 3.8) is 0 Å². The number of thiazole rings is 1. The number of aromatic nitrogens is 1. The number of guanidine groups is 1. The molecule has 1 aromatic heterocycles. The van der Waals surface area contributed by atoms with Gasteiger partial charge in [0.15, 0.2) is 5.96 Å². The van der Waals surface area contributed by atoms with Crippen molar-refractivity contribution in [2.24, 2.45) is 4.99 Å². The normalized spacial score (nSPS) is 12.0. The van der Waals surface area contributed by atoms with Gasteiger partial charge in [-0.1, -0.05) is 12.1 Å². The number of ether oxygens (including phenoxy) is 2. The van der Waals surface area contributed by atoms with Crippen molar-refractivity contribution in [1.82, 2.24) is 15.6 Å². The molecule has 0 amide bonds. The summed E-state index contributed by atoms with van der Waals surface area (Å²) in [6.45, 7) is 9.41. The van der Waals surface area contributed by atoms with E-state index in [1.807, 2.05) is 45.0 Å². The van der Waals surface area contributed by atoms with Gasteiger partial charge >= 0.3 is 5.97 Å². The van der Waals surface area contributed by atoms with E-state index < -0.39 is 0 Å². The number of aliphatic imine (C=N–C) groups is 1. The average Bonchev–Trinajstić information content (AvgIpc) is 3.11. The van der Waals surface area contributed by atoms with Crippen LogP contribution >= 0.6 is 35.3 Å². The summed E-state index contributed by atoms with van der Waals surface area (Å²) >= 11 is 1.36. The first-order chi connectivity index (χ1) is 14.0. The maximum absolute atomic E-state index is 12.0. The highest BCUT2D eigenvalue weighted by Gasteiger charge is 2.20. The molecule has 30 heavy (non-hydrogen) atoms. The van der Waals surface area contributed by atoms with Crippen molar-refractivity contribution in [1.29, 1.82) is 0 Å². The molecule has 7 nitrogen and oxygen atoms in total. The molecule has 0 saturated heterocycles. The lowest BCUT2D eigenvalue weighted by Crippen LogP contribution is -2.38. The highest BCUT2D eigenvalue weighted by atomic mass is 127. The Morgan fingerprint density at radius 1 is 1.27 bits per heavy atom. The molecule has 0 spiro atoms. The SMILES string of the molecule is CCNC(=NCCc1ccc(OC)cc1)NC(C)c1nc(C)c(C(=O)OCC)s1.I. The summed E-state index contributed by atoms with van der Waals surface area (Å²) in [7, 11) is 1.66. The van der Waals surface area contributed by atoms with Gasteiger partial charge in [0.05, 0.1) is 25.5 Å². The fourth-order valence-corrected chi connectivity index (χ4v) is 3.63. The molecule has 0 saturated carbocycles. The molecular weight excluding hydrogens is 515 g/mol. The van der Waals surface area contributed by atoms with Gasteiger partial charge in [0, 0.05) is 13.1 Å². The summed E-state index contributed by atoms with van der Waals surface area (Å²) in [5.74, 6) is 1.25. The predicted molar refractivity (Wildman–Crippen MR) is 132 cm³/mol. The van der Waals surface area contributed by atoms with Gasteiger partial charge in [-0.3, -0.25) is 4.99 Å². The number of benzene rings is 1. The molecule has 166 valence electrons. The van der Waals surface area contributed by atoms with Crippen molar-refractivity contribution in [2.45, 2.75) is 40.2 Å². The molecule has 1 aromatic carbocycles. The van der Waals surface area contributed by atoms with Gasteiger partial charge in [-0.2, -0.15) is 0 Å². The van der Waals surface area contributed by atoms with E-state index >= 15 is 0 Å². The Bertz CT molecular complexity index is 824. The second kappa shape index (κ2) is 13.4. The molecule has 0 bridgehead atoms. The molecule has 0 radical (unpaired) electrons. The summed E-state index contributed by atoms with van der Waals surface area (Å²) in [6.07, 6.45) is 0.832. The molecule has 1 atom stereocenters. The highest BCUT2D eigenvalue weighted by molar-refractivity contribution is 14.0. The van der Waals surface area contributed by atoms with Gasteiger partial charge in [-0.25, -0.2) is 9.78 Å². The Kier molecular flexibility index (Phi) is 11.7. The van der Waals surface area contributed by atoms with Crippen molar-refractivity contribution < 1.29 is 14.3 Å². The van der Waals surface area contributed by atoms with E-state index in [2.05, 4.69) is 20.6 Å². The Morgan fingerprint density at radius 2 is 1.97 bits per heavy atom. The van der Waals surface area contributed by atoms with Crippen molar-refractivity contribution in [2.75, 3.05) is 26.8 Å². The minimum atomic E-state index is -0.319. The number of carbonyl (C=O) groups excluding carboxylic acids is 1. The van der Waals surface area contributed by atoms with E-state index in [1.165, 1.54) is 16.9 Å². The van der Waals surface area contributed by atoms with Crippen molar-refractivity contribution in [3.05, 3.63) is 45.4 Å². The zero-order chi connectivity index (χ0) is 21.2. The molecule has 1 heterocycles. The lowest BCUT2D eigenvalue weighted by atomic mass is 10.1. The summed E-state index contributed by atoms with van der Waals surface area (Å²) in [4.78, 5) is 21.8. The van der Waals surface area contributed by atoms with Gasteiger partial charge in [-0.05, 0) is 51.8 Å². The molecular formula is C21H31IN4O3S. The summed E-state index contributed by atoms with van der Waals surface area (Å²) in [5, 5.41) is 7.45. The molecule has 0 aliphatic carbocycles. The third kappa shape index (κ3) is 7.75. The number of aryl methyl sites for hydroxylation is 1. The third-order valence-corrected chi connectivity index (χ3v) is 5.49. The standard InChI is InChI=1S/C21H30N4O3S.HI/c1-6-22-21(23-13-12-16-8-10-17(27-5)11-9-16)25-15(4)19-24-14(3)18(29-19)20(26)28-7-2;/h8-11,15H,6-7,12-13H2,1-5H3,(H2,22,23,25);1H. The first kappa shape index (κ1) is 26.2. The van der Waals surface area contributed by atoms with E-state index in [-0.39, 0.29) is 36.0 Å². The Labute approximate surface area is 199 Å². The van der Waals surface area contributed by atoms with Crippen LogP contribution in [-0.2, 0) is 11.2 Å². The first-order valence-corrected chi connectivity index (χ1v) is 10.6. The number of halogens is 1. The number of hydrogen-bond acceptors (Lipinski definition) is 6. The van der Waals surface area contributed by atoms with Crippen LogP contribution in [0.3, 0.4) is 0 Å². The first-order valence-electron chi connectivity index (χ1n) is 9.80. The van der Waals surface area contributed by atoms with E-state index in [1.54, 1.807) is 14.0 Å². The van der Waals surface area contributed by atoms with E-state index in [4.69, 9.17) is 9.47 Å². The highest BCUT2D eigenvalue weighted by Crippen LogP contribution is 2.24. The Balaban J connectivity index is 0.00000450. The fraction of sp³-hybridized carbons (Fsp3) is 0.476. The van der Waals surface area contributed by atoms with Crippen LogP contribution in [0.4, 0.5) is 0 Å². The number of esters is 1. The fourth-order valence-electron chi connectivity index (χ4n) is 2.66. The van der Waals surface area contributed by atoms with Gasteiger partial charge in [-0.15, -0.1) is 35.3 Å². The van der Waals surface area contributed by atoms with Crippen LogP contribution in [0.2, 0.25) is 0 Å². The van der Waals surface area contributed by atoms with Crippen LogP contribution in [0.5, 0.6) is 5.75 Å². The van der Waals surface area contributed by atoms with Crippen LogP contribution in [0, 0.1) is 6.92 Å². The van der Waals surface area contributed by atoms with Crippen LogP contribution in [0.15, 0.2) is 29.3 Å². The number of methoxy groups -OCH3 is 1. The molecule has 2 N–H and O–H groups in total. The Morgan fingerprint density at radius 3 is 2.57 bits per heavy atom. The number of carbonyl (C=O) groups is 1. The average molecular weight is 546 g/mol. The van der Waals surface area contributed by atoms with Crippen molar-refractivity contribution in [3.8, 4) is 5.75 Å². The van der Waals surface area contributed by atoms with E-state index in [0.29, 0.717) is 23.7 Å². The monoisotopic (exact) mass is 546 g/mol. The second-order valence-corrected chi connectivity index (χ2v) is 7.44. The lowest BCUT2D eigenvalue weighted by molar-refractivity contribution is 0.0531. The molecule has 2 rings (SSSR count). The minimum absolute atomic E-state index is 0. The number of hydrogen-bond donors (Lipinski definition) is 2. The number of rotatable bonds is 9. The topological polar surface area (TPSA) is 84.8 Å². The maximum Gasteiger partial charge on any atom is 0.350 e. The molecule has 1 unspecified atom stereocenters. The quantitative estimate of drug-likeness (QED) is 0.213. The lowest BCUT2D eigenvalue weighted by Gasteiger charge is -2.16. The molecule has 0 aliphatic heterocycles. The number of nitrogens with zero attached hydrogens (tertiary/aromatic N) is 2. The second-order valence-electron chi connectivity index (χ2n) is 6.41. The van der Waals surface area contributed by atoms with Gasteiger partial charge < -0.3 is 20.1 Å².